The van der Waals surface area contributed by atoms with Gasteiger partial charge in [-0.05, 0) is 47.4 Å². The number of hydrogen-bond acceptors (Lipinski definition) is 4. The molecule has 1 atom stereocenters. The monoisotopic (exact) mass is 327 g/mol. The lowest BCUT2D eigenvalue weighted by molar-refractivity contribution is -0.385. The second-order valence-electron chi connectivity index (χ2n) is 4.46. The van der Waals surface area contributed by atoms with Gasteiger partial charge in [-0.25, -0.2) is 0 Å². The van der Waals surface area contributed by atoms with Crippen molar-refractivity contribution in [2.24, 2.45) is 5.92 Å². The molecule has 0 aliphatic carbocycles. The van der Waals surface area contributed by atoms with Gasteiger partial charge < -0.3 is 10.6 Å². The summed E-state index contributed by atoms with van der Waals surface area (Å²) in [6.45, 7) is 1.63. The number of halogens is 1. The van der Waals surface area contributed by atoms with Gasteiger partial charge in [-0.3, -0.25) is 14.9 Å². The van der Waals surface area contributed by atoms with Crippen molar-refractivity contribution in [1.29, 1.82) is 0 Å². The van der Waals surface area contributed by atoms with Crippen molar-refractivity contribution in [3.05, 3.63) is 32.8 Å². The van der Waals surface area contributed by atoms with Gasteiger partial charge >= 0.3 is 0 Å². The number of nitro benzene ring substituents is 1. The standard InChI is InChI=1S/C12H14BrN3O3/c13-10-6-9(3-4-11(10)16(18)19)15-12(17)8-2-1-5-14-7-8/h3-4,6,8,14H,1-2,5,7H2,(H,15,17). The molecule has 0 bridgehead atoms. The van der Waals surface area contributed by atoms with Crippen LogP contribution in [0.25, 0.3) is 0 Å². The number of carbonyl (C=O) groups excluding carboxylic acids is 1. The van der Waals surface area contributed by atoms with Gasteiger partial charge in [0.15, 0.2) is 0 Å². The number of nitrogens with one attached hydrogen (secondary N) is 2. The van der Waals surface area contributed by atoms with E-state index in [4.69, 9.17) is 0 Å². The van der Waals surface area contributed by atoms with E-state index < -0.39 is 4.92 Å². The fraction of sp³-hybridized carbons (Fsp3) is 0.417. The van der Waals surface area contributed by atoms with Crippen LogP contribution in [-0.2, 0) is 4.79 Å². The molecule has 2 N–H and O–H groups in total. The molecule has 1 aromatic rings. The first-order valence-electron chi connectivity index (χ1n) is 6.03. The maximum absolute atomic E-state index is 12.0. The van der Waals surface area contributed by atoms with Crippen LogP contribution in [0.5, 0.6) is 0 Å². The maximum Gasteiger partial charge on any atom is 0.283 e. The number of nitro groups is 1. The summed E-state index contributed by atoms with van der Waals surface area (Å²) in [7, 11) is 0. The van der Waals surface area contributed by atoms with E-state index in [2.05, 4.69) is 26.6 Å². The van der Waals surface area contributed by atoms with Crippen molar-refractivity contribution in [3.8, 4) is 0 Å². The maximum atomic E-state index is 12.0. The highest BCUT2D eigenvalue weighted by Gasteiger charge is 2.21. The summed E-state index contributed by atoms with van der Waals surface area (Å²) in [6, 6.07) is 4.46. The topological polar surface area (TPSA) is 84.3 Å². The molecule has 0 saturated carbocycles. The largest absolute Gasteiger partial charge is 0.326 e. The second kappa shape index (κ2) is 6.12. The number of nitrogens with zero attached hydrogens (tertiary/aromatic N) is 1. The first-order chi connectivity index (χ1) is 9.08. The predicted octanol–water partition coefficient (Wildman–Crippen LogP) is 2.30. The van der Waals surface area contributed by atoms with Crippen LogP contribution in [-0.4, -0.2) is 23.9 Å². The van der Waals surface area contributed by atoms with Crippen molar-refractivity contribution >= 4 is 33.2 Å². The Hall–Kier alpha value is -1.47. The lowest BCUT2D eigenvalue weighted by atomic mass is 9.99. The van der Waals surface area contributed by atoms with Crippen LogP contribution < -0.4 is 10.6 Å². The van der Waals surface area contributed by atoms with Crippen molar-refractivity contribution in [2.75, 3.05) is 18.4 Å². The zero-order valence-corrected chi connectivity index (χ0v) is 11.8. The molecule has 1 amide bonds. The minimum Gasteiger partial charge on any atom is -0.326 e. The Bertz CT molecular complexity index is 501. The zero-order valence-electron chi connectivity index (χ0n) is 10.2. The van der Waals surface area contributed by atoms with Crippen LogP contribution >= 0.6 is 15.9 Å². The lowest BCUT2D eigenvalue weighted by Crippen LogP contribution is -2.37. The number of hydrogen-bond donors (Lipinski definition) is 2. The SMILES string of the molecule is O=C(Nc1ccc([N+](=O)[O-])c(Br)c1)C1CCCNC1. The first-order valence-corrected chi connectivity index (χ1v) is 6.83. The minimum absolute atomic E-state index is 0.0164. The normalized spacial score (nSPS) is 18.9. The van der Waals surface area contributed by atoms with E-state index in [0.29, 0.717) is 16.7 Å². The van der Waals surface area contributed by atoms with Crippen LogP contribution in [0.3, 0.4) is 0 Å². The molecule has 0 radical (unpaired) electrons. The molecule has 1 fully saturated rings. The summed E-state index contributed by atoms with van der Waals surface area (Å²) in [4.78, 5) is 22.2. The fourth-order valence-electron chi connectivity index (χ4n) is 2.05. The molecule has 1 saturated heterocycles. The second-order valence-corrected chi connectivity index (χ2v) is 5.31. The summed E-state index contributed by atoms with van der Waals surface area (Å²) in [5.41, 5.74) is 0.547. The van der Waals surface area contributed by atoms with Crippen LogP contribution in [0.15, 0.2) is 22.7 Å². The molecule has 1 heterocycles. The van der Waals surface area contributed by atoms with Gasteiger partial charge in [0.05, 0.1) is 15.3 Å². The summed E-state index contributed by atoms with van der Waals surface area (Å²) in [6.07, 6.45) is 1.86. The van der Waals surface area contributed by atoms with Gasteiger partial charge in [0.25, 0.3) is 5.69 Å². The molecule has 0 spiro atoms. The average molecular weight is 328 g/mol. The summed E-state index contributed by atoms with van der Waals surface area (Å²) >= 11 is 3.13. The van der Waals surface area contributed by atoms with E-state index in [-0.39, 0.29) is 17.5 Å². The number of piperidine rings is 1. The zero-order chi connectivity index (χ0) is 13.8. The number of amides is 1. The number of carbonyl (C=O) groups is 1. The van der Waals surface area contributed by atoms with Gasteiger partial charge in [-0.2, -0.15) is 0 Å². The number of rotatable bonds is 3. The van der Waals surface area contributed by atoms with Crippen LogP contribution in [0.4, 0.5) is 11.4 Å². The molecule has 19 heavy (non-hydrogen) atoms. The predicted molar refractivity (Wildman–Crippen MR) is 75.0 cm³/mol. The smallest absolute Gasteiger partial charge is 0.283 e. The van der Waals surface area contributed by atoms with Crippen molar-refractivity contribution < 1.29 is 9.72 Å². The molecule has 1 aliphatic heterocycles. The Morgan fingerprint density at radius 1 is 1.53 bits per heavy atom. The molecule has 0 aromatic heterocycles. The highest BCUT2D eigenvalue weighted by atomic mass is 79.9. The average Bonchev–Trinajstić information content (AvgIpc) is 2.39. The number of anilines is 1. The quantitative estimate of drug-likeness (QED) is 0.659. The summed E-state index contributed by atoms with van der Waals surface area (Å²) in [5.74, 6) is -0.0873. The molecule has 1 aliphatic rings. The molecular weight excluding hydrogens is 314 g/mol. The lowest BCUT2D eigenvalue weighted by Gasteiger charge is -2.21. The highest BCUT2D eigenvalue weighted by molar-refractivity contribution is 9.10. The Morgan fingerprint density at radius 3 is 2.89 bits per heavy atom. The van der Waals surface area contributed by atoms with Gasteiger partial charge in [-0.15, -0.1) is 0 Å². The van der Waals surface area contributed by atoms with E-state index in [1.54, 1.807) is 6.07 Å². The van der Waals surface area contributed by atoms with E-state index in [1.165, 1.54) is 12.1 Å². The summed E-state index contributed by atoms with van der Waals surface area (Å²) in [5, 5.41) is 16.6. The Labute approximate surface area is 118 Å². The van der Waals surface area contributed by atoms with Gasteiger partial charge in [-0.1, -0.05) is 0 Å². The number of benzene rings is 1. The first kappa shape index (κ1) is 14.0. The van der Waals surface area contributed by atoms with E-state index in [1.807, 2.05) is 0 Å². The summed E-state index contributed by atoms with van der Waals surface area (Å²) < 4.78 is 0.358. The van der Waals surface area contributed by atoms with Crippen molar-refractivity contribution in [2.45, 2.75) is 12.8 Å². The molecule has 6 nitrogen and oxygen atoms in total. The Morgan fingerprint density at radius 2 is 2.32 bits per heavy atom. The van der Waals surface area contributed by atoms with E-state index in [0.717, 1.165) is 19.4 Å². The van der Waals surface area contributed by atoms with Crippen LogP contribution in [0, 0.1) is 16.0 Å². The van der Waals surface area contributed by atoms with Crippen LogP contribution in [0.2, 0.25) is 0 Å². The molecule has 7 heteroatoms. The van der Waals surface area contributed by atoms with E-state index in [9.17, 15) is 14.9 Å². The third-order valence-electron chi connectivity index (χ3n) is 3.08. The Kier molecular flexibility index (Phi) is 4.49. The molecular formula is C12H14BrN3O3. The third kappa shape index (κ3) is 3.51. The third-order valence-corrected chi connectivity index (χ3v) is 3.71. The highest BCUT2D eigenvalue weighted by Crippen LogP contribution is 2.28. The Balaban J connectivity index is 2.04. The van der Waals surface area contributed by atoms with E-state index >= 15 is 0 Å². The van der Waals surface area contributed by atoms with Gasteiger partial charge in [0.2, 0.25) is 5.91 Å². The fourth-order valence-corrected chi connectivity index (χ4v) is 2.58. The van der Waals surface area contributed by atoms with Gasteiger partial charge in [0, 0.05) is 18.3 Å². The van der Waals surface area contributed by atoms with Crippen molar-refractivity contribution in [1.82, 2.24) is 5.32 Å². The molecule has 1 unspecified atom stereocenters. The van der Waals surface area contributed by atoms with Crippen LogP contribution in [0.1, 0.15) is 12.8 Å². The molecule has 1 aromatic carbocycles. The minimum atomic E-state index is -0.471. The molecule has 102 valence electrons. The van der Waals surface area contributed by atoms with Crippen molar-refractivity contribution in [3.63, 3.8) is 0 Å². The van der Waals surface area contributed by atoms with Gasteiger partial charge in [0.1, 0.15) is 0 Å². The molecule has 2 rings (SSSR count).